The van der Waals surface area contributed by atoms with E-state index in [4.69, 9.17) is 13.3 Å². The van der Waals surface area contributed by atoms with Crippen LogP contribution in [0.1, 0.15) is 30.8 Å². The number of oxazole rings is 1. The Morgan fingerprint density at radius 1 is 1.22 bits per heavy atom. The third-order valence-electron chi connectivity index (χ3n) is 5.84. The summed E-state index contributed by atoms with van der Waals surface area (Å²) < 4.78 is 42.8. The molecule has 0 radical (unpaired) electrons. The molecular weight excluding hydrogens is 480 g/mol. The second-order valence-corrected chi connectivity index (χ2v) is 9.99. The first-order chi connectivity index (χ1) is 17.3. The number of rotatable bonds is 8. The molecule has 1 amide bonds. The zero-order valence-corrected chi connectivity index (χ0v) is 21.0. The molecule has 1 unspecified atom stereocenters. The van der Waals surface area contributed by atoms with Crippen LogP contribution in [0.15, 0.2) is 94.3 Å². The molecule has 8 nitrogen and oxygen atoms in total. The number of nitrogens with zero attached hydrogens (tertiary/aromatic N) is 2. The molecule has 0 spiro atoms. The van der Waals surface area contributed by atoms with Crippen molar-refractivity contribution < 1.29 is 26.5 Å². The predicted molar refractivity (Wildman–Crippen MR) is 136 cm³/mol. The number of ether oxygens (including phenoxy) is 1. The molecule has 0 N–H and O–H groups in total. The van der Waals surface area contributed by atoms with E-state index in [9.17, 15) is 13.2 Å². The van der Waals surface area contributed by atoms with Crippen molar-refractivity contribution in [3.8, 4) is 0 Å². The van der Waals surface area contributed by atoms with E-state index in [-0.39, 0.29) is 24.5 Å². The van der Waals surface area contributed by atoms with E-state index >= 15 is 0 Å². The van der Waals surface area contributed by atoms with Gasteiger partial charge in [-0.1, -0.05) is 60.7 Å². The molecule has 2 atom stereocenters. The van der Waals surface area contributed by atoms with Crippen LogP contribution in [0.25, 0.3) is 11.1 Å². The Hall–Kier alpha value is -3.69. The van der Waals surface area contributed by atoms with Gasteiger partial charge in [0.2, 0.25) is 5.89 Å². The summed E-state index contributed by atoms with van der Waals surface area (Å²) in [7, 11) is -4.04. The van der Waals surface area contributed by atoms with Gasteiger partial charge >= 0.3 is 6.09 Å². The van der Waals surface area contributed by atoms with Crippen molar-refractivity contribution in [3.05, 3.63) is 96.4 Å². The van der Waals surface area contributed by atoms with Gasteiger partial charge < -0.3 is 9.15 Å². The van der Waals surface area contributed by atoms with Crippen LogP contribution >= 0.6 is 0 Å². The van der Waals surface area contributed by atoms with Gasteiger partial charge in [0, 0.05) is 6.42 Å². The molecular formula is C27H28N2O6S. The minimum Gasteiger partial charge on any atom is -0.445 e. The van der Waals surface area contributed by atoms with Crippen molar-refractivity contribution in [3.63, 3.8) is 0 Å². The molecule has 1 aliphatic rings. The van der Waals surface area contributed by atoms with Gasteiger partial charge in [0.15, 0.2) is 5.58 Å². The van der Waals surface area contributed by atoms with Crippen molar-refractivity contribution in [2.24, 2.45) is 0 Å². The molecule has 0 aliphatic carbocycles. The van der Waals surface area contributed by atoms with Gasteiger partial charge in [0.05, 0.1) is 17.5 Å². The third-order valence-corrected chi connectivity index (χ3v) is 7.22. The van der Waals surface area contributed by atoms with Crippen LogP contribution in [-0.4, -0.2) is 43.7 Å². The van der Waals surface area contributed by atoms with Gasteiger partial charge in [-0.25, -0.2) is 9.78 Å². The molecule has 1 aromatic heterocycles. The first-order valence-electron chi connectivity index (χ1n) is 11.5. The average molecular weight is 509 g/mol. The molecule has 2 heterocycles. The summed E-state index contributed by atoms with van der Waals surface area (Å²) in [5.74, 6) is 0.296. The molecule has 36 heavy (non-hydrogen) atoms. The fraction of sp³-hybridized carbons (Fsp3) is 0.259. The number of hydrogen-bond acceptors (Lipinski definition) is 7. The standard InChI is InChI=1S/C27H28N2O6S/c1-4-6-9-20(5-2)18-33-27(30)29-17-21(35-36(31,32)22-14-12-19(3)13-15-22)16-24(29)26-28-23-10-7-8-11-25(23)34-26/h4-15,21,24H,1,16-18H2,2-3H3/b9-6-,20-5+/t21-,24?/m1/s1. The van der Waals surface area contributed by atoms with E-state index in [1.165, 1.54) is 17.0 Å². The van der Waals surface area contributed by atoms with E-state index in [0.717, 1.165) is 11.1 Å². The quantitative estimate of drug-likeness (QED) is 0.293. The normalized spacial score (nSPS) is 18.7. The second kappa shape index (κ2) is 10.9. The van der Waals surface area contributed by atoms with Crippen LogP contribution in [0.2, 0.25) is 0 Å². The lowest BCUT2D eigenvalue weighted by atomic mass is 10.2. The summed E-state index contributed by atoms with van der Waals surface area (Å²) >= 11 is 0. The molecule has 4 rings (SSSR count). The number of para-hydroxylation sites is 2. The maximum atomic E-state index is 13.1. The number of fused-ring (bicyclic) bond motifs is 1. The summed E-state index contributed by atoms with van der Waals surface area (Å²) in [6.07, 6.45) is 5.77. The Morgan fingerprint density at radius 3 is 2.67 bits per heavy atom. The fourth-order valence-electron chi connectivity index (χ4n) is 3.92. The lowest BCUT2D eigenvalue weighted by molar-refractivity contribution is 0.0988. The largest absolute Gasteiger partial charge is 0.445 e. The molecule has 2 aromatic carbocycles. The number of hydrogen-bond donors (Lipinski definition) is 0. The molecule has 188 valence electrons. The van der Waals surface area contributed by atoms with E-state index in [1.807, 2.05) is 32.1 Å². The highest BCUT2D eigenvalue weighted by Gasteiger charge is 2.42. The molecule has 1 fully saturated rings. The summed E-state index contributed by atoms with van der Waals surface area (Å²) in [4.78, 5) is 19.1. The van der Waals surface area contributed by atoms with E-state index in [2.05, 4.69) is 11.6 Å². The van der Waals surface area contributed by atoms with E-state index in [0.29, 0.717) is 17.0 Å². The number of aromatic nitrogens is 1. The fourth-order valence-corrected chi connectivity index (χ4v) is 5.00. The summed E-state index contributed by atoms with van der Waals surface area (Å²) in [6.45, 7) is 7.40. The van der Waals surface area contributed by atoms with Gasteiger partial charge in [0.25, 0.3) is 10.1 Å². The van der Waals surface area contributed by atoms with Gasteiger partial charge in [-0.2, -0.15) is 8.42 Å². The Labute approximate surface area is 210 Å². The summed E-state index contributed by atoms with van der Waals surface area (Å²) in [6, 6.07) is 13.0. The summed E-state index contributed by atoms with van der Waals surface area (Å²) in [5, 5.41) is 0. The lowest BCUT2D eigenvalue weighted by Gasteiger charge is -2.21. The second-order valence-electron chi connectivity index (χ2n) is 8.42. The maximum absolute atomic E-state index is 13.1. The number of amides is 1. The number of benzene rings is 2. The maximum Gasteiger partial charge on any atom is 0.410 e. The van der Waals surface area contributed by atoms with Gasteiger partial charge in [0.1, 0.15) is 18.2 Å². The molecule has 0 bridgehead atoms. The zero-order chi connectivity index (χ0) is 25.7. The van der Waals surface area contributed by atoms with Crippen molar-refractivity contribution in [2.45, 2.75) is 37.3 Å². The first-order valence-corrected chi connectivity index (χ1v) is 12.9. The van der Waals surface area contributed by atoms with Crippen LogP contribution in [-0.2, 0) is 19.0 Å². The number of carbonyl (C=O) groups excluding carboxylic acids is 1. The van der Waals surface area contributed by atoms with E-state index < -0.39 is 28.4 Å². The summed E-state index contributed by atoms with van der Waals surface area (Å²) in [5.41, 5.74) is 2.94. The highest BCUT2D eigenvalue weighted by atomic mass is 32.2. The predicted octanol–water partition coefficient (Wildman–Crippen LogP) is 5.48. The average Bonchev–Trinajstić information content (AvgIpc) is 3.48. The minimum absolute atomic E-state index is 0.000978. The number of allylic oxidation sites excluding steroid dienone is 3. The van der Waals surface area contributed by atoms with Crippen LogP contribution in [0, 0.1) is 6.92 Å². The van der Waals surface area contributed by atoms with Crippen LogP contribution in [0.4, 0.5) is 4.79 Å². The lowest BCUT2D eigenvalue weighted by Crippen LogP contribution is -2.33. The number of likely N-dealkylation sites (tertiary alicyclic amines) is 1. The van der Waals surface area contributed by atoms with Crippen molar-refractivity contribution in [1.29, 1.82) is 0 Å². The third kappa shape index (κ3) is 5.75. The smallest absolute Gasteiger partial charge is 0.410 e. The highest BCUT2D eigenvalue weighted by molar-refractivity contribution is 7.86. The van der Waals surface area contributed by atoms with Gasteiger partial charge in [-0.3, -0.25) is 9.08 Å². The molecule has 0 saturated carbocycles. The molecule has 1 aliphatic heterocycles. The van der Waals surface area contributed by atoms with Crippen LogP contribution < -0.4 is 0 Å². The topological polar surface area (TPSA) is 98.9 Å². The van der Waals surface area contributed by atoms with Crippen LogP contribution in [0.3, 0.4) is 0 Å². The Morgan fingerprint density at radius 2 is 1.97 bits per heavy atom. The molecule has 3 aromatic rings. The van der Waals surface area contributed by atoms with Gasteiger partial charge in [-0.05, 0) is 43.7 Å². The Kier molecular flexibility index (Phi) is 7.71. The Bertz CT molecular complexity index is 1370. The minimum atomic E-state index is -4.04. The highest BCUT2D eigenvalue weighted by Crippen LogP contribution is 2.36. The Balaban J connectivity index is 1.57. The number of carbonyl (C=O) groups is 1. The first kappa shape index (κ1) is 25.4. The molecule has 1 saturated heterocycles. The van der Waals surface area contributed by atoms with Crippen LogP contribution in [0.5, 0.6) is 0 Å². The van der Waals surface area contributed by atoms with Crippen molar-refractivity contribution >= 4 is 27.3 Å². The zero-order valence-electron chi connectivity index (χ0n) is 20.2. The van der Waals surface area contributed by atoms with Crippen molar-refractivity contribution in [1.82, 2.24) is 9.88 Å². The monoisotopic (exact) mass is 508 g/mol. The SMILES string of the molecule is C=C/C=C\C(=C/C)COC(=O)N1C[C@H](OS(=O)(=O)c2ccc(C)cc2)CC1c1nc2ccccc2o1. The molecule has 9 heteroatoms. The van der Waals surface area contributed by atoms with Crippen molar-refractivity contribution in [2.75, 3.05) is 13.2 Å². The van der Waals surface area contributed by atoms with Gasteiger partial charge in [-0.15, -0.1) is 0 Å². The number of aryl methyl sites for hydroxylation is 1. The van der Waals surface area contributed by atoms with E-state index in [1.54, 1.807) is 42.5 Å².